The summed E-state index contributed by atoms with van der Waals surface area (Å²) in [6, 6.07) is 5.13. The van der Waals surface area contributed by atoms with Crippen LogP contribution in [0.15, 0.2) is 29.6 Å². The molecule has 2 nitrogen and oxygen atoms in total. The monoisotopic (exact) mass is 283 g/mol. The number of rotatable bonds is 4. The molecule has 0 spiro atoms. The number of hydrogen-bond acceptors (Lipinski definition) is 3. The highest BCUT2D eigenvalue weighted by Gasteiger charge is 2.24. The van der Waals surface area contributed by atoms with Crippen molar-refractivity contribution in [1.29, 1.82) is 0 Å². The highest BCUT2D eigenvalue weighted by atomic mass is 32.1. The highest BCUT2D eigenvalue weighted by molar-refractivity contribution is 7.10. The number of aryl methyl sites for hydroxylation is 1. The highest BCUT2D eigenvalue weighted by Crippen LogP contribution is 2.35. The first kappa shape index (κ1) is 14.1. The van der Waals surface area contributed by atoms with Gasteiger partial charge in [0, 0.05) is 23.4 Å². The molecule has 2 atom stereocenters. The van der Waals surface area contributed by atoms with Crippen LogP contribution in [0.5, 0.6) is 0 Å². The SMILES string of the molecule is Cc1ccsc1C(O)C(CN)c1cc(F)cc(F)c1. The maximum atomic E-state index is 13.2. The molecule has 0 bridgehead atoms. The Hall–Kier alpha value is -1.30. The van der Waals surface area contributed by atoms with Gasteiger partial charge in [0.15, 0.2) is 0 Å². The van der Waals surface area contributed by atoms with Gasteiger partial charge in [-0.15, -0.1) is 11.3 Å². The van der Waals surface area contributed by atoms with Crippen LogP contribution >= 0.6 is 11.3 Å². The van der Waals surface area contributed by atoms with Gasteiger partial charge in [-0.2, -0.15) is 0 Å². The fraction of sp³-hybridized carbons (Fsp3) is 0.286. The Kier molecular flexibility index (Phi) is 4.29. The Morgan fingerprint density at radius 1 is 1.26 bits per heavy atom. The lowest BCUT2D eigenvalue weighted by molar-refractivity contribution is 0.150. The fourth-order valence-electron chi connectivity index (χ4n) is 2.11. The van der Waals surface area contributed by atoms with Crippen LogP contribution in [0.4, 0.5) is 8.78 Å². The summed E-state index contributed by atoms with van der Waals surface area (Å²) in [5.41, 5.74) is 6.99. The molecule has 0 fully saturated rings. The molecule has 102 valence electrons. The topological polar surface area (TPSA) is 46.2 Å². The number of aliphatic hydroxyl groups excluding tert-OH is 1. The summed E-state index contributed by atoms with van der Waals surface area (Å²) in [6.45, 7) is 2.00. The molecule has 1 aromatic carbocycles. The first-order chi connectivity index (χ1) is 9.02. The van der Waals surface area contributed by atoms with Crippen molar-refractivity contribution < 1.29 is 13.9 Å². The molecular formula is C14H15F2NOS. The predicted molar refractivity (Wildman–Crippen MR) is 72.2 cm³/mol. The van der Waals surface area contributed by atoms with E-state index in [0.717, 1.165) is 16.5 Å². The zero-order valence-corrected chi connectivity index (χ0v) is 11.3. The average Bonchev–Trinajstić information content (AvgIpc) is 2.75. The molecule has 1 aromatic heterocycles. The van der Waals surface area contributed by atoms with E-state index in [4.69, 9.17) is 5.73 Å². The number of hydrogen-bond donors (Lipinski definition) is 2. The molecule has 0 aliphatic heterocycles. The van der Waals surface area contributed by atoms with Crippen LogP contribution in [0.2, 0.25) is 0 Å². The lowest BCUT2D eigenvalue weighted by atomic mass is 9.91. The maximum Gasteiger partial charge on any atom is 0.126 e. The molecule has 2 unspecified atom stereocenters. The van der Waals surface area contributed by atoms with E-state index in [-0.39, 0.29) is 6.54 Å². The van der Waals surface area contributed by atoms with Gasteiger partial charge < -0.3 is 10.8 Å². The number of nitrogens with two attached hydrogens (primary N) is 1. The largest absolute Gasteiger partial charge is 0.387 e. The van der Waals surface area contributed by atoms with Gasteiger partial charge in [0.05, 0.1) is 6.10 Å². The molecular weight excluding hydrogens is 268 g/mol. The first-order valence-electron chi connectivity index (χ1n) is 5.91. The minimum atomic E-state index is -0.855. The molecule has 19 heavy (non-hydrogen) atoms. The number of thiophene rings is 1. The average molecular weight is 283 g/mol. The molecule has 5 heteroatoms. The van der Waals surface area contributed by atoms with E-state index < -0.39 is 23.7 Å². The second kappa shape index (κ2) is 5.77. The van der Waals surface area contributed by atoms with Crippen molar-refractivity contribution in [3.63, 3.8) is 0 Å². The Balaban J connectivity index is 2.36. The minimum absolute atomic E-state index is 0.113. The van der Waals surface area contributed by atoms with Crippen LogP contribution in [0.25, 0.3) is 0 Å². The number of halogens is 2. The van der Waals surface area contributed by atoms with Gasteiger partial charge in [-0.3, -0.25) is 0 Å². The van der Waals surface area contributed by atoms with E-state index >= 15 is 0 Å². The van der Waals surface area contributed by atoms with Crippen molar-refractivity contribution in [3.05, 3.63) is 57.3 Å². The molecule has 2 aromatic rings. The molecule has 0 radical (unpaired) electrons. The lowest BCUT2D eigenvalue weighted by Crippen LogP contribution is -2.20. The Bertz CT molecular complexity index is 550. The van der Waals surface area contributed by atoms with Gasteiger partial charge >= 0.3 is 0 Å². The van der Waals surface area contributed by atoms with Crippen molar-refractivity contribution >= 4 is 11.3 Å². The van der Waals surface area contributed by atoms with Crippen LogP contribution < -0.4 is 5.73 Å². The minimum Gasteiger partial charge on any atom is -0.387 e. The molecule has 0 saturated heterocycles. The van der Waals surface area contributed by atoms with Crippen LogP contribution in [-0.2, 0) is 0 Å². The van der Waals surface area contributed by atoms with Crippen molar-refractivity contribution in [1.82, 2.24) is 0 Å². The Morgan fingerprint density at radius 2 is 1.89 bits per heavy atom. The van der Waals surface area contributed by atoms with Crippen LogP contribution in [-0.4, -0.2) is 11.7 Å². The summed E-state index contributed by atoms with van der Waals surface area (Å²) in [6.07, 6.45) is -0.855. The zero-order valence-electron chi connectivity index (χ0n) is 10.4. The van der Waals surface area contributed by atoms with Crippen molar-refractivity contribution in [2.75, 3.05) is 6.54 Å². The quantitative estimate of drug-likeness (QED) is 0.905. The normalized spacial score (nSPS) is 14.4. The van der Waals surface area contributed by atoms with Gasteiger partial charge in [0.2, 0.25) is 0 Å². The van der Waals surface area contributed by atoms with Gasteiger partial charge in [-0.1, -0.05) is 0 Å². The first-order valence-corrected chi connectivity index (χ1v) is 6.79. The summed E-state index contributed by atoms with van der Waals surface area (Å²) < 4.78 is 26.5. The van der Waals surface area contributed by atoms with Crippen molar-refractivity contribution in [2.45, 2.75) is 18.9 Å². The number of benzene rings is 1. The second-order valence-corrected chi connectivity index (χ2v) is 5.41. The van der Waals surface area contributed by atoms with Crippen molar-refractivity contribution in [2.24, 2.45) is 5.73 Å². The van der Waals surface area contributed by atoms with Gasteiger partial charge in [-0.05, 0) is 41.6 Å². The predicted octanol–water partition coefficient (Wildman–Crippen LogP) is 3.11. The van der Waals surface area contributed by atoms with E-state index in [0.29, 0.717) is 5.56 Å². The van der Waals surface area contributed by atoms with Crippen LogP contribution in [0, 0.1) is 18.6 Å². The van der Waals surface area contributed by atoms with E-state index in [9.17, 15) is 13.9 Å². The summed E-state index contributed by atoms with van der Waals surface area (Å²) >= 11 is 1.41. The summed E-state index contributed by atoms with van der Waals surface area (Å²) in [7, 11) is 0. The smallest absolute Gasteiger partial charge is 0.126 e. The second-order valence-electron chi connectivity index (χ2n) is 4.46. The Labute approximate surface area is 114 Å². The molecule has 2 rings (SSSR count). The van der Waals surface area contributed by atoms with Crippen LogP contribution in [0.1, 0.15) is 28.0 Å². The van der Waals surface area contributed by atoms with E-state index in [2.05, 4.69) is 0 Å². The summed E-state index contributed by atoms with van der Waals surface area (Å²) in [5.74, 6) is -1.85. The molecule has 1 heterocycles. The standard InChI is InChI=1S/C14H15F2NOS/c1-8-2-3-19-14(8)13(18)12(7-17)9-4-10(15)6-11(16)5-9/h2-6,12-13,18H,7,17H2,1H3. The summed E-state index contributed by atoms with van der Waals surface area (Å²) in [5, 5.41) is 12.2. The zero-order chi connectivity index (χ0) is 14.0. The van der Waals surface area contributed by atoms with Gasteiger partial charge in [0.1, 0.15) is 11.6 Å². The maximum absolute atomic E-state index is 13.2. The van der Waals surface area contributed by atoms with Crippen LogP contribution in [0.3, 0.4) is 0 Å². The van der Waals surface area contributed by atoms with E-state index in [1.54, 1.807) is 0 Å². The fourth-order valence-corrected chi connectivity index (χ4v) is 3.08. The van der Waals surface area contributed by atoms with E-state index in [1.807, 2.05) is 18.4 Å². The molecule has 3 N–H and O–H groups in total. The Morgan fingerprint density at radius 3 is 2.37 bits per heavy atom. The molecule has 0 amide bonds. The third-order valence-electron chi connectivity index (χ3n) is 3.12. The summed E-state index contributed by atoms with van der Waals surface area (Å²) in [4.78, 5) is 0.778. The van der Waals surface area contributed by atoms with Crippen molar-refractivity contribution in [3.8, 4) is 0 Å². The van der Waals surface area contributed by atoms with Gasteiger partial charge in [-0.25, -0.2) is 8.78 Å². The van der Waals surface area contributed by atoms with E-state index in [1.165, 1.54) is 23.5 Å². The lowest BCUT2D eigenvalue weighted by Gasteiger charge is -2.22. The third-order valence-corrected chi connectivity index (χ3v) is 4.21. The third kappa shape index (κ3) is 3.00. The number of aliphatic hydroxyl groups is 1. The molecule has 0 saturated carbocycles. The molecule has 0 aliphatic rings. The molecule has 0 aliphatic carbocycles. The van der Waals surface area contributed by atoms with Gasteiger partial charge in [0.25, 0.3) is 0 Å².